The van der Waals surface area contributed by atoms with Crippen LogP contribution in [0.5, 0.6) is 0 Å². The van der Waals surface area contributed by atoms with Gasteiger partial charge in [-0.2, -0.15) is 0 Å². The highest BCUT2D eigenvalue weighted by atomic mass is 35.5. The summed E-state index contributed by atoms with van der Waals surface area (Å²) >= 11 is 6.02. The van der Waals surface area contributed by atoms with E-state index in [0.29, 0.717) is 17.1 Å². The van der Waals surface area contributed by atoms with Gasteiger partial charge in [0.25, 0.3) is 5.91 Å². The second-order valence-corrected chi connectivity index (χ2v) is 9.32. The number of hydrogen-bond donors (Lipinski definition) is 1. The predicted octanol–water partition coefficient (Wildman–Crippen LogP) is 4.40. The zero-order valence-electron chi connectivity index (χ0n) is 16.1. The number of rotatable bonds is 6. The molecule has 3 rings (SSSR count). The van der Waals surface area contributed by atoms with Gasteiger partial charge in [0.1, 0.15) is 0 Å². The van der Waals surface area contributed by atoms with Crippen molar-refractivity contribution in [2.24, 2.45) is 0 Å². The molecule has 1 N–H and O–H groups in total. The Hall–Kier alpha value is -1.89. The maximum Gasteiger partial charge on any atom is 0.258 e. The molecule has 2 aromatic carbocycles. The summed E-state index contributed by atoms with van der Waals surface area (Å²) in [6, 6.07) is 11.7. The molecule has 5 nitrogen and oxygen atoms in total. The van der Waals surface area contributed by atoms with Crippen LogP contribution < -0.4 is 9.62 Å². The molecule has 7 heteroatoms. The molecule has 0 spiro atoms. The van der Waals surface area contributed by atoms with E-state index in [4.69, 9.17) is 11.6 Å². The Morgan fingerprint density at radius 2 is 2.04 bits per heavy atom. The number of fused-ring (bicyclic) bond motifs is 1. The van der Waals surface area contributed by atoms with Crippen LogP contribution in [0.25, 0.3) is 0 Å². The molecule has 1 aliphatic heterocycles. The van der Waals surface area contributed by atoms with Gasteiger partial charge in [-0.3, -0.25) is 4.79 Å². The normalized spacial score (nSPS) is 15.2. The number of carbonyl (C=O) groups excluding carboxylic acids is 1. The quantitative estimate of drug-likeness (QED) is 0.753. The SMILES string of the molecule is CCC[C@@H](C)NS(=O)(=O)c1ccc2c(c1)CCCN2C(=O)c1cccc(Cl)c1. The first kappa shape index (κ1) is 20.8. The van der Waals surface area contributed by atoms with Crippen molar-refractivity contribution in [1.82, 2.24) is 4.72 Å². The van der Waals surface area contributed by atoms with Crippen LogP contribution in [0.15, 0.2) is 47.4 Å². The van der Waals surface area contributed by atoms with E-state index in [1.54, 1.807) is 47.4 Å². The van der Waals surface area contributed by atoms with E-state index in [1.165, 1.54) is 0 Å². The van der Waals surface area contributed by atoms with Crippen LogP contribution in [0.1, 0.15) is 49.0 Å². The first-order valence-corrected chi connectivity index (χ1v) is 11.4. The molecule has 1 atom stereocenters. The van der Waals surface area contributed by atoms with Crippen molar-refractivity contribution in [3.63, 3.8) is 0 Å². The molecule has 0 saturated heterocycles. The number of sulfonamides is 1. The summed E-state index contributed by atoms with van der Waals surface area (Å²) in [5, 5.41) is 0.511. The first-order valence-electron chi connectivity index (χ1n) is 9.54. The largest absolute Gasteiger partial charge is 0.308 e. The van der Waals surface area contributed by atoms with E-state index < -0.39 is 10.0 Å². The summed E-state index contributed by atoms with van der Waals surface area (Å²) in [7, 11) is -3.58. The zero-order chi connectivity index (χ0) is 20.3. The summed E-state index contributed by atoms with van der Waals surface area (Å²) in [6.45, 7) is 4.48. The zero-order valence-corrected chi connectivity index (χ0v) is 17.7. The van der Waals surface area contributed by atoms with Gasteiger partial charge >= 0.3 is 0 Å². The van der Waals surface area contributed by atoms with E-state index in [2.05, 4.69) is 4.72 Å². The van der Waals surface area contributed by atoms with Crippen LogP contribution in [0, 0.1) is 0 Å². The van der Waals surface area contributed by atoms with Crippen molar-refractivity contribution < 1.29 is 13.2 Å². The molecule has 2 aromatic rings. The van der Waals surface area contributed by atoms with Gasteiger partial charge < -0.3 is 4.90 Å². The monoisotopic (exact) mass is 420 g/mol. The highest BCUT2D eigenvalue weighted by Crippen LogP contribution is 2.31. The Kier molecular flexibility index (Phi) is 6.43. The summed E-state index contributed by atoms with van der Waals surface area (Å²) < 4.78 is 28.1. The van der Waals surface area contributed by atoms with Gasteiger partial charge in [-0.05, 0) is 68.1 Å². The maximum absolute atomic E-state index is 13.0. The van der Waals surface area contributed by atoms with Gasteiger partial charge in [0, 0.05) is 28.9 Å². The number of carbonyl (C=O) groups is 1. The number of anilines is 1. The molecule has 0 radical (unpaired) electrons. The molecule has 0 bridgehead atoms. The number of hydrogen-bond acceptors (Lipinski definition) is 3. The van der Waals surface area contributed by atoms with E-state index in [1.807, 2.05) is 13.8 Å². The topological polar surface area (TPSA) is 66.5 Å². The first-order chi connectivity index (χ1) is 13.3. The lowest BCUT2D eigenvalue weighted by atomic mass is 10.0. The van der Waals surface area contributed by atoms with Crippen LogP contribution in [-0.4, -0.2) is 26.9 Å². The fourth-order valence-electron chi connectivity index (χ4n) is 3.55. The summed E-state index contributed by atoms with van der Waals surface area (Å²) in [6.07, 6.45) is 3.21. The molecule has 1 heterocycles. The molecule has 0 saturated carbocycles. The van der Waals surface area contributed by atoms with Gasteiger partial charge in [0.05, 0.1) is 4.90 Å². The second kappa shape index (κ2) is 8.64. The third kappa shape index (κ3) is 4.57. The van der Waals surface area contributed by atoms with E-state index >= 15 is 0 Å². The number of halogens is 1. The Labute approximate surface area is 171 Å². The molecule has 0 aromatic heterocycles. The van der Waals surface area contributed by atoms with Crippen molar-refractivity contribution in [2.75, 3.05) is 11.4 Å². The summed E-state index contributed by atoms with van der Waals surface area (Å²) in [4.78, 5) is 14.9. The lowest BCUT2D eigenvalue weighted by Crippen LogP contribution is -2.36. The smallest absolute Gasteiger partial charge is 0.258 e. The number of benzene rings is 2. The van der Waals surface area contributed by atoms with Crippen LogP contribution in [-0.2, 0) is 16.4 Å². The molecule has 0 unspecified atom stereocenters. The van der Waals surface area contributed by atoms with Crippen LogP contribution in [0.3, 0.4) is 0 Å². The molecule has 1 aliphatic rings. The summed E-state index contributed by atoms with van der Waals surface area (Å²) in [5.74, 6) is -0.131. The van der Waals surface area contributed by atoms with Crippen molar-refractivity contribution in [1.29, 1.82) is 0 Å². The standard InChI is InChI=1S/C21H25ClN2O3S/c1-3-6-15(2)23-28(26,27)19-10-11-20-16(14-19)8-5-12-24(20)21(25)17-7-4-9-18(22)13-17/h4,7,9-11,13-15,23H,3,5-6,8,12H2,1-2H3/t15-/m1/s1. The molecule has 0 aliphatic carbocycles. The fraction of sp³-hybridized carbons (Fsp3) is 0.381. The summed E-state index contributed by atoms with van der Waals surface area (Å²) in [5.41, 5.74) is 2.15. The lowest BCUT2D eigenvalue weighted by Gasteiger charge is -2.30. The lowest BCUT2D eigenvalue weighted by molar-refractivity contribution is 0.0985. The Morgan fingerprint density at radius 3 is 2.75 bits per heavy atom. The molecule has 0 fully saturated rings. The molecule has 150 valence electrons. The van der Waals surface area contributed by atoms with Crippen LogP contribution >= 0.6 is 11.6 Å². The van der Waals surface area contributed by atoms with Gasteiger partial charge in [-0.15, -0.1) is 0 Å². The van der Waals surface area contributed by atoms with E-state index in [9.17, 15) is 13.2 Å². The van der Waals surface area contributed by atoms with Gasteiger partial charge in [-0.25, -0.2) is 13.1 Å². The van der Waals surface area contributed by atoms with Crippen LogP contribution in [0.4, 0.5) is 5.69 Å². The average Bonchev–Trinajstić information content (AvgIpc) is 2.66. The minimum atomic E-state index is -3.58. The second-order valence-electron chi connectivity index (χ2n) is 7.17. The molecular formula is C21H25ClN2O3S. The number of nitrogens with zero attached hydrogens (tertiary/aromatic N) is 1. The van der Waals surface area contributed by atoms with Crippen molar-refractivity contribution in [3.05, 3.63) is 58.6 Å². The van der Waals surface area contributed by atoms with Gasteiger partial charge in [-0.1, -0.05) is 31.0 Å². The van der Waals surface area contributed by atoms with Crippen molar-refractivity contribution >= 4 is 33.2 Å². The highest BCUT2D eigenvalue weighted by Gasteiger charge is 2.26. The van der Waals surface area contributed by atoms with Crippen molar-refractivity contribution in [2.45, 2.75) is 50.5 Å². The van der Waals surface area contributed by atoms with Crippen LogP contribution in [0.2, 0.25) is 5.02 Å². The van der Waals surface area contributed by atoms with E-state index in [0.717, 1.165) is 36.9 Å². The highest BCUT2D eigenvalue weighted by molar-refractivity contribution is 7.89. The van der Waals surface area contributed by atoms with Gasteiger partial charge in [0.2, 0.25) is 10.0 Å². The number of nitrogens with one attached hydrogen (secondary N) is 1. The minimum absolute atomic E-state index is 0.119. The van der Waals surface area contributed by atoms with Crippen molar-refractivity contribution in [3.8, 4) is 0 Å². The average molecular weight is 421 g/mol. The minimum Gasteiger partial charge on any atom is -0.308 e. The third-order valence-corrected chi connectivity index (χ3v) is 6.70. The molecule has 28 heavy (non-hydrogen) atoms. The Bertz CT molecular complexity index is 975. The maximum atomic E-state index is 13.0. The number of aryl methyl sites for hydroxylation is 1. The predicted molar refractivity (Wildman–Crippen MR) is 113 cm³/mol. The van der Waals surface area contributed by atoms with Gasteiger partial charge in [0.15, 0.2) is 0 Å². The Morgan fingerprint density at radius 1 is 1.25 bits per heavy atom. The number of amides is 1. The fourth-order valence-corrected chi connectivity index (χ4v) is 5.07. The molecular weight excluding hydrogens is 396 g/mol. The Balaban J connectivity index is 1.89. The third-order valence-electron chi connectivity index (χ3n) is 4.87. The van der Waals surface area contributed by atoms with E-state index in [-0.39, 0.29) is 16.8 Å². The molecule has 1 amide bonds.